The van der Waals surface area contributed by atoms with Gasteiger partial charge in [0.05, 0.1) is 17.9 Å². The molecule has 0 aliphatic rings. The predicted octanol–water partition coefficient (Wildman–Crippen LogP) is 4.26. The highest BCUT2D eigenvalue weighted by Gasteiger charge is 2.15. The summed E-state index contributed by atoms with van der Waals surface area (Å²) in [6.07, 6.45) is 0. The molecule has 0 amide bonds. The van der Waals surface area contributed by atoms with E-state index in [4.69, 9.17) is 10.5 Å². The zero-order valence-electron chi connectivity index (χ0n) is 14.6. The van der Waals surface area contributed by atoms with Gasteiger partial charge in [-0.3, -0.25) is 4.68 Å². The van der Waals surface area contributed by atoms with Gasteiger partial charge in [-0.15, -0.1) is 5.11 Å². The Morgan fingerprint density at radius 1 is 1.12 bits per heavy atom. The normalized spacial score (nSPS) is 11.0. The molecule has 0 saturated heterocycles. The lowest BCUT2D eigenvalue weighted by atomic mass is 10.1. The van der Waals surface area contributed by atoms with Crippen LogP contribution in [0.4, 0.5) is 17.2 Å². The van der Waals surface area contributed by atoms with E-state index in [9.17, 15) is 4.79 Å². The third-order valence-corrected chi connectivity index (χ3v) is 3.76. The van der Waals surface area contributed by atoms with Gasteiger partial charge in [-0.2, -0.15) is 10.2 Å². The van der Waals surface area contributed by atoms with E-state index in [1.807, 2.05) is 30.3 Å². The largest absolute Gasteiger partial charge is 0.462 e. The molecule has 0 radical (unpaired) electrons. The number of hydrogen-bond acceptors (Lipinski definition) is 6. The van der Waals surface area contributed by atoms with Crippen LogP contribution in [0.2, 0.25) is 0 Å². The highest BCUT2D eigenvalue weighted by Crippen LogP contribution is 2.35. The molecular weight excluding hydrogens is 330 g/mol. The van der Waals surface area contributed by atoms with Gasteiger partial charge < -0.3 is 10.5 Å². The summed E-state index contributed by atoms with van der Waals surface area (Å²) in [5.74, 6) is 0.0644. The maximum atomic E-state index is 11.7. The van der Waals surface area contributed by atoms with Crippen molar-refractivity contribution in [1.82, 2.24) is 9.78 Å². The van der Waals surface area contributed by atoms with Crippen LogP contribution in [0.3, 0.4) is 0 Å². The van der Waals surface area contributed by atoms with E-state index < -0.39 is 0 Å². The zero-order valence-corrected chi connectivity index (χ0v) is 14.6. The molecule has 0 atom stereocenters. The smallest absolute Gasteiger partial charge is 0.338 e. The molecule has 2 aromatic carbocycles. The summed E-state index contributed by atoms with van der Waals surface area (Å²) in [7, 11) is 1.76. The molecule has 1 heterocycles. The third-order valence-electron chi connectivity index (χ3n) is 3.76. The second-order valence-corrected chi connectivity index (χ2v) is 5.54. The van der Waals surface area contributed by atoms with Crippen molar-refractivity contribution in [3.63, 3.8) is 0 Å². The van der Waals surface area contributed by atoms with Gasteiger partial charge in [-0.1, -0.05) is 30.3 Å². The van der Waals surface area contributed by atoms with Crippen molar-refractivity contribution in [2.45, 2.75) is 6.92 Å². The number of carbonyl (C=O) groups excluding carboxylic acids is 1. The van der Waals surface area contributed by atoms with Gasteiger partial charge in [0.15, 0.2) is 5.69 Å². The maximum absolute atomic E-state index is 11.7. The van der Waals surface area contributed by atoms with E-state index in [2.05, 4.69) is 15.3 Å². The Morgan fingerprint density at radius 2 is 1.81 bits per heavy atom. The fourth-order valence-electron chi connectivity index (χ4n) is 2.40. The van der Waals surface area contributed by atoms with Crippen molar-refractivity contribution in [2.75, 3.05) is 12.3 Å². The zero-order chi connectivity index (χ0) is 18.5. The maximum Gasteiger partial charge on any atom is 0.338 e. The van der Waals surface area contributed by atoms with Crippen LogP contribution in [0.1, 0.15) is 17.3 Å². The summed E-state index contributed by atoms with van der Waals surface area (Å²) >= 11 is 0. The standard InChI is InChI=1S/C19H19N5O2/c1-3-26-19(25)14-9-11-15(12-10-14)21-22-17-16(23-24(2)18(17)20)13-7-5-4-6-8-13/h4-12H,3,20H2,1-2H3. The summed E-state index contributed by atoms with van der Waals surface area (Å²) in [5.41, 5.74) is 9.23. The van der Waals surface area contributed by atoms with Crippen LogP contribution in [0.15, 0.2) is 64.8 Å². The number of nitrogen functional groups attached to an aromatic ring is 1. The molecule has 2 N–H and O–H groups in total. The third kappa shape index (κ3) is 3.61. The number of rotatable bonds is 5. The summed E-state index contributed by atoms with van der Waals surface area (Å²) in [6.45, 7) is 2.10. The number of aryl methyl sites for hydroxylation is 1. The first kappa shape index (κ1) is 17.3. The minimum Gasteiger partial charge on any atom is -0.462 e. The molecule has 3 aromatic rings. The van der Waals surface area contributed by atoms with E-state index in [1.54, 1.807) is 42.9 Å². The number of anilines is 1. The van der Waals surface area contributed by atoms with Crippen LogP contribution in [0.5, 0.6) is 0 Å². The summed E-state index contributed by atoms with van der Waals surface area (Å²) < 4.78 is 6.53. The first-order chi connectivity index (χ1) is 12.6. The lowest BCUT2D eigenvalue weighted by molar-refractivity contribution is 0.0526. The van der Waals surface area contributed by atoms with Gasteiger partial charge in [-0.25, -0.2) is 4.79 Å². The molecule has 0 bridgehead atoms. The van der Waals surface area contributed by atoms with Crippen molar-refractivity contribution in [2.24, 2.45) is 17.3 Å². The topological polar surface area (TPSA) is 94.9 Å². The number of carbonyl (C=O) groups is 1. The first-order valence-electron chi connectivity index (χ1n) is 8.17. The molecule has 3 rings (SSSR count). The fraction of sp³-hybridized carbons (Fsp3) is 0.158. The molecule has 0 aliphatic carbocycles. The van der Waals surface area contributed by atoms with Crippen molar-refractivity contribution < 1.29 is 9.53 Å². The van der Waals surface area contributed by atoms with Crippen molar-refractivity contribution in [1.29, 1.82) is 0 Å². The second-order valence-electron chi connectivity index (χ2n) is 5.54. The van der Waals surface area contributed by atoms with Crippen LogP contribution < -0.4 is 5.73 Å². The van der Waals surface area contributed by atoms with E-state index in [0.717, 1.165) is 5.56 Å². The van der Waals surface area contributed by atoms with Gasteiger partial charge >= 0.3 is 5.97 Å². The average molecular weight is 349 g/mol. The van der Waals surface area contributed by atoms with E-state index in [0.29, 0.717) is 35.1 Å². The first-order valence-corrected chi connectivity index (χ1v) is 8.17. The lowest BCUT2D eigenvalue weighted by Crippen LogP contribution is -2.03. The summed E-state index contributed by atoms with van der Waals surface area (Å²) in [5, 5.41) is 12.9. The van der Waals surface area contributed by atoms with Crippen LogP contribution >= 0.6 is 0 Å². The van der Waals surface area contributed by atoms with E-state index in [-0.39, 0.29) is 5.97 Å². The van der Waals surface area contributed by atoms with Gasteiger partial charge in [0.25, 0.3) is 0 Å². The number of ether oxygens (including phenoxy) is 1. The number of aromatic nitrogens is 2. The number of nitrogens with zero attached hydrogens (tertiary/aromatic N) is 4. The van der Waals surface area contributed by atoms with Gasteiger partial charge in [0.2, 0.25) is 0 Å². The lowest BCUT2D eigenvalue weighted by Gasteiger charge is -2.01. The minimum atomic E-state index is -0.362. The molecule has 0 spiro atoms. The van der Waals surface area contributed by atoms with E-state index in [1.165, 1.54) is 0 Å². The Hall–Kier alpha value is -3.48. The molecule has 1 aromatic heterocycles. The summed E-state index contributed by atoms with van der Waals surface area (Å²) in [4.78, 5) is 11.7. The molecule has 0 fully saturated rings. The van der Waals surface area contributed by atoms with E-state index >= 15 is 0 Å². The Bertz CT molecular complexity index is 931. The molecule has 0 aliphatic heterocycles. The van der Waals surface area contributed by atoms with Crippen LogP contribution in [-0.4, -0.2) is 22.4 Å². The van der Waals surface area contributed by atoms with Gasteiger partial charge in [-0.05, 0) is 31.2 Å². The molecule has 7 heteroatoms. The molecular formula is C19H19N5O2. The number of azo groups is 1. The Morgan fingerprint density at radius 3 is 2.46 bits per heavy atom. The Labute approximate surface area is 151 Å². The van der Waals surface area contributed by atoms with Crippen LogP contribution in [0.25, 0.3) is 11.3 Å². The molecule has 26 heavy (non-hydrogen) atoms. The molecule has 0 unspecified atom stereocenters. The monoisotopic (exact) mass is 349 g/mol. The van der Waals surface area contributed by atoms with Crippen molar-refractivity contribution >= 4 is 23.2 Å². The van der Waals surface area contributed by atoms with Crippen molar-refractivity contribution in [3.8, 4) is 11.3 Å². The Kier molecular flexibility index (Phi) is 5.07. The van der Waals surface area contributed by atoms with Crippen LogP contribution in [-0.2, 0) is 11.8 Å². The van der Waals surface area contributed by atoms with Crippen molar-refractivity contribution in [3.05, 3.63) is 60.2 Å². The number of hydrogen-bond donors (Lipinski definition) is 1. The van der Waals surface area contributed by atoms with Gasteiger partial charge in [0.1, 0.15) is 11.5 Å². The second kappa shape index (κ2) is 7.60. The number of nitrogens with two attached hydrogens (primary N) is 1. The minimum absolute atomic E-state index is 0.336. The fourth-order valence-corrected chi connectivity index (χ4v) is 2.40. The SMILES string of the molecule is CCOC(=O)c1ccc(N=Nc2c(-c3ccccc3)nn(C)c2N)cc1. The molecule has 7 nitrogen and oxygen atoms in total. The predicted molar refractivity (Wildman–Crippen MR) is 99.6 cm³/mol. The quantitative estimate of drug-likeness (QED) is 0.550. The highest BCUT2D eigenvalue weighted by molar-refractivity contribution is 5.89. The number of benzene rings is 2. The number of esters is 1. The van der Waals surface area contributed by atoms with Gasteiger partial charge in [0, 0.05) is 12.6 Å². The molecule has 132 valence electrons. The average Bonchev–Trinajstić information content (AvgIpc) is 2.96. The molecule has 0 saturated carbocycles. The highest BCUT2D eigenvalue weighted by atomic mass is 16.5. The Balaban J connectivity index is 1.88. The van der Waals surface area contributed by atoms with Crippen LogP contribution in [0, 0.1) is 0 Å². The summed E-state index contributed by atoms with van der Waals surface area (Å²) in [6, 6.07) is 16.4.